The number of piperazine rings is 1. The number of nitrogens with one attached hydrogen (secondary N) is 1. The van der Waals surface area contributed by atoms with E-state index in [9.17, 15) is 13.2 Å². The molecule has 1 N–H and O–H groups in total. The van der Waals surface area contributed by atoms with Crippen LogP contribution in [0.2, 0.25) is 0 Å². The van der Waals surface area contributed by atoms with Gasteiger partial charge in [0.25, 0.3) is 5.91 Å². The summed E-state index contributed by atoms with van der Waals surface area (Å²) in [6.07, 6.45) is 3.16. The molecule has 0 unspecified atom stereocenters. The summed E-state index contributed by atoms with van der Waals surface area (Å²) in [7, 11) is -1.60. The van der Waals surface area contributed by atoms with Gasteiger partial charge >= 0.3 is 0 Å². The monoisotopic (exact) mass is 394 g/mol. The highest BCUT2D eigenvalue weighted by Gasteiger charge is 2.26. The predicted molar refractivity (Wildman–Crippen MR) is 107 cm³/mol. The van der Waals surface area contributed by atoms with E-state index in [1.165, 1.54) is 0 Å². The zero-order chi connectivity index (χ0) is 19.4. The van der Waals surface area contributed by atoms with Crippen molar-refractivity contribution in [3.8, 4) is 0 Å². The van der Waals surface area contributed by atoms with Crippen LogP contribution in [0.25, 0.3) is 0 Å². The molecule has 150 valence electrons. The number of hydrogen-bond acceptors (Lipinski definition) is 5. The van der Waals surface area contributed by atoms with Gasteiger partial charge in [0, 0.05) is 51.4 Å². The summed E-state index contributed by atoms with van der Waals surface area (Å²) < 4.78 is 28.3. The van der Waals surface area contributed by atoms with E-state index >= 15 is 0 Å². The first-order valence-electron chi connectivity index (χ1n) is 9.79. The number of likely N-dealkylation sites (tertiary alicyclic amines) is 1. The van der Waals surface area contributed by atoms with Crippen molar-refractivity contribution in [2.75, 3.05) is 57.8 Å². The fraction of sp³-hybridized carbons (Fsp3) is 0.632. The van der Waals surface area contributed by atoms with Crippen LogP contribution in [0.5, 0.6) is 0 Å². The molecule has 0 atom stereocenters. The summed E-state index contributed by atoms with van der Waals surface area (Å²) >= 11 is 0. The van der Waals surface area contributed by atoms with Gasteiger partial charge in [0.2, 0.25) is 10.0 Å². The molecule has 0 saturated carbocycles. The Kier molecular flexibility index (Phi) is 6.39. The molecule has 2 heterocycles. The lowest BCUT2D eigenvalue weighted by molar-refractivity contribution is 0.0724. The van der Waals surface area contributed by atoms with E-state index in [0.29, 0.717) is 17.8 Å². The Morgan fingerprint density at radius 3 is 2.33 bits per heavy atom. The highest BCUT2D eigenvalue weighted by atomic mass is 32.2. The molecule has 2 saturated heterocycles. The summed E-state index contributed by atoms with van der Waals surface area (Å²) in [4.78, 5) is 19.2. The Balaban J connectivity index is 1.95. The van der Waals surface area contributed by atoms with E-state index in [4.69, 9.17) is 0 Å². The lowest BCUT2D eigenvalue weighted by Crippen LogP contribution is -2.45. The molecule has 0 aromatic heterocycles. The van der Waals surface area contributed by atoms with Crippen molar-refractivity contribution in [2.24, 2.45) is 0 Å². The molecule has 8 heteroatoms. The number of nitrogens with zero attached hydrogens (tertiary/aromatic N) is 3. The van der Waals surface area contributed by atoms with E-state index < -0.39 is 10.0 Å². The van der Waals surface area contributed by atoms with E-state index in [1.54, 1.807) is 25.1 Å². The molecule has 7 nitrogen and oxygen atoms in total. The van der Waals surface area contributed by atoms with E-state index in [0.717, 1.165) is 58.5 Å². The van der Waals surface area contributed by atoms with Gasteiger partial charge in [-0.15, -0.1) is 0 Å². The van der Waals surface area contributed by atoms with Crippen LogP contribution < -0.4 is 9.62 Å². The molecule has 27 heavy (non-hydrogen) atoms. The molecule has 1 aromatic carbocycles. The largest absolute Gasteiger partial charge is 0.368 e. The smallest absolute Gasteiger partial charge is 0.253 e. The van der Waals surface area contributed by atoms with Crippen LogP contribution in [0, 0.1) is 0 Å². The highest BCUT2D eigenvalue weighted by molar-refractivity contribution is 7.89. The van der Waals surface area contributed by atoms with Crippen molar-refractivity contribution in [2.45, 2.75) is 31.1 Å². The Morgan fingerprint density at radius 2 is 1.70 bits per heavy atom. The normalized spacial score (nSPS) is 19.3. The highest BCUT2D eigenvalue weighted by Crippen LogP contribution is 2.28. The second-order valence-electron chi connectivity index (χ2n) is 7.33. The molecule has 3 rings (SSSR count). The number of hydrogen-bond donors (Lipinski definition) is 1. The molecule has 1 aromatic rings. The van der Waals surface area contributed by atoms with Crippen molar-refractivity contribution in [3.63, 3.8) is 0 Å². The van der Waals surface area contributed by atoms with Gasteiger partial charge < -0.3 is 14.7 Å². The summed E-state index contributed by atoms with van der Waals surface area (Å²) in [5.74, 6) is -0.0763. The molecule has 2 aliphatic heterocycles. The third-order valence-corrected chi connectivity index (χ3v) is 6.89. The molecule has 0 aliphatic carbocycles. The lowest BCUT2D eigenvalue weighted by Gasteiger charge is -2.35. The van der Waals surface area contributed by atoms with E-state index in [-0.39, 0.29) is 10.8 Å². The van der Waals surface area contributed by atoms with Gasteiger partial charge in [-0.25, -0.2) is 13.1 Å². The van der Waals surface area contributed by atoms with Crippen LogP contribution in [0.3, 0.4) is 0 Å². The maximum absolute atomic E-state index is 12.9. The van der Waals surface area contributed by atoms with Gasteiger partial charge in [0.05, 0.1) is 5.69 Å². The third kappa shape index (κ3) is 4.62. The van der Waals surface area contributed by atoms with Gasteiger partial charge in [-0.05, 0) is 44.5 Å². The first-order chi connectivity index (χ1) is 12.9. The minimum absolute atomic E-state index is 0.0763. The van der Waals surface area contributed by atoms with E-state index in [2.05, 4.69) is 21.6 Å². The zero-order valence-corrected chi connectivity index (χ0v) is 17.1. The van der Waals surface area contributed by atoms with Crippen molar-refractivity contribution in [1.82, 2.24) is 14.5 Å². The van der Waals surface area contributed by atoms with Crippen LogP contribution in [0.1, 0.15) is 36.5 Å². The summed E-state index contributed by atoms with van der Waals surface area (Å²) in [6, 6.07) is 5.13. The van der Waals surface area contributed by atoms with Crippen LogP contribution >= 0.6 is 0 Å². The first-order valence-corrected chi connectivity index (χ1v) is 11.3. The fourth-order valence-electron chi connectivity index (χ4n) is 3.72. The van der Waals surface area contributed by atoms with Gasteiger partial charge in [0.1, 0.15) is 4.90 Å². The van der Waals surface area contributed by atoms with Crippen molar-refractivity contribution < 1.29 is 13.2 Å². The predicted octanol–water partition coefficient (Wildman–Crippen LogP) is 1.36. The molecule has 0 spiro atoms. The SMILES string of the molecule is CCNS(=O)(=O)c1cc(C(=O)N2CCCCC2)ccc1N1CCN(C)CC1. The van der Waals surface area contributed by atoms with Crippen LogP contribution in [0.4, 0.5) is 5.69 Å². The Hall–Kier alpha value is -1.64. The summed E-state index contributed by atoms with van der Waals surface area (Å²) in [5, 5.41) is 0. The fourth-order valence-corrected chi connectivity index (χ4v) is 5.01. The number of sulfonamides is 1. The van der Waals surface area contributed by atoms with Crippen molar-refractivity contribution >= 4 is 21.6 Å². The summed E-state index contributed by atoms with van der Waals surface area (Å²) in [6.45, 7) is 6.87. The number of anilines is 1. The molecule has 0 radical (unpaired) electrons. The van der Waals surface area contributed by atoms with Gasteiger partial charge in [-0.3, -0.25) is 4.79 Å². The number of carbonyl (C=O) groups is 1. The molecule has 2 aliphatic rings. The molecular formula is C19H30N4O3S. The molecule has 1 amide bonds. The first kappa shape index (κ1) is 20.1. The number of piperidine rings is 1. The standard InChI is InChI=1S/C19H30N4O3S/c1-3-20-27(25,26)18-15-16(19(24)23-9-5-4-6-10-23)7-8-17(18)22-13-11-21(2)12-14-22/h7-8,15,20H,3-6,9-14H2,1-2H3. The third-order valence-electron chi connectivity index (χ3n) is 5.32. The average Bonchev–Trinajstić information content (AvgIpc) is 2.68. The van der Waals surface area contributed by atoms with E-state index in [1.807, 2.05) is 4.90 Å². The number of carbonyl (C=O) groups excluding carboxylic acids is 1. The molecule has 0 bridgehead atoms. The van der Waals surface area contributed by atoms with Crippen LogP contribution in [-0.2, 0) is 10.0 Å². The topological polar surface area (TPSA) is 73.0 Å². The number of benzene rings is 1. The average molecular weight is 395 g/mol. The second-order valence-corrected chi connectivity index (χ2v) is 9.06. The number of likely N-dealkylation sites (N-methyl/N-ethyl adjacent to an activating group) is 1. The Morgan fingerprint density at radius 1 is 1.04 bits per heavy atom. The maximum Gasteiger partial charge on any atom is 0.253 e. The lowest BCUT2D eigenvalue weighted by atomic mass is 10.1. The molecule has 2 fully saturated rings. The van der Waals surface area contributed by atoms with Gasteiger partial charge in [-0.2, -0.15) is 0 Å². The second kappa shape index (κ2) is 8.58. The maximum atomic E-state index is 12.9. The van der Waals surface area contributed by atoms with Crippen molar-refractivity contribution in [3.05, 3.63) is 23.8 Å². The minimum atomic E-state index is -3.67. The Bertz CT molecular complexity index is 767. The summed E-state index contributed by atoms with van der Waals surface area (Å²) in [5.41, 5.74) is 1.13. The Labute approximate surface area is 162 Å². The van der Waals surface area contributed by atoms with Gasteiger partial charge in [0.15, 0.2) is 0 Å². The quantitative estimate of drug-likeness (QED) is 0.816. The van der Waals surface area contributed by atoms with Crippen molar-refractivity contribution in [1.29, 1.82) is 0 Å². The van der Waals surface area contributed by atoms with Crippen LogP contribution in [-0.4, -0.2) is 77.0 Å². The van der Waals surface area contributed by atoms with Gasteiger partial charge in [-0.1, -0.05) is 6.92 Å². The van der Waals surface area contributed by atoms with Crippen LogP contribution in [0.15, 0.2) is 23.1 Å². The number of amides is 1. The molecular weight excluding hydrogens is 364 g/mol. The number of rotatable bonds is 5. The minimum Gasteiger partial charge on any atom is -0.368 e. The zero-order valence-electron chi connectivity index (χ0n) is 16.3.